The Labute approximate surface area is 231 Å². The van der Waals surface area contributed by atoms with Crippen molar-refractivity contribution in [1.82, 2.24) is 30.0 Å². The lowest BCUT2D eigenvalue weighted by molar-refractivity contribution is -0.118. The topological polar surface area (TPSA) is 90.0 Å². The molecule has 2 aromatic heterocycles. The summed E-state index contributed by atoms with van der Waals surface area (Å²) in [6, 6.07) is 26.2. The van der Waals surface area contributed by atoms with Gasteiger partial charge < -0.3 is 0 Å². The third kappa shape index (κ3) is 5.83. The number of hydrogen-bond acceptors (Lipinski definition) is 6. The first kappa shape index (κ1) is 26.1. The summed E-state index contributed by atoms with van der Waals surface area (Å²) in [7, 11) is 0. The highest BCUT2D eigenvalue weighted by Gasteiger charge is 2.17. The Morgan fingerprint density at radius 1 is 0.872 bits per heavy atom. The van der Waals surface area contributed by atoms with Crippen LogP contribution in [0.5, 0.6) is 0 Å². The van der Waals surface area contributed by atoms with E-state index >= 15 is 0 Å². The third-order valence-electron chi connectivity index (χ3n) is 6.30. The van der Waals surface area contributed by atoms with Crippen molar-refractivity contribution in [1.29, 1.82) is 0 Å². The summed E-state index contributed by atoms with van der Waals surface area (Å²) in [4.78, 5) is 12.7. The van der Waals surface area contributed by atoms with Gasteiger partial charge in [0.2, 0.25) is 0 Å². The Bertz CT molecular complexity index is 1620. The second kappa shape index (κ2) is 11.5. The van der Waals surface area contributed by atoms with Gasteiger partial charge in [0.05, 0.1) is 29.0 Å². The Kier molecular flexibility index (Phi) is 7.69. The number of hydrogen-bond donors (Lipinski definition) is 1. The maximum Gasteiger partial charge on any atom is 0.250 e. The van der Waals surface area contributed by atoms with Gasteiger partial charge in [-0.05, 0) is 52.0 Å². The Morgan fingerprint density at radius 3 is 2.23 bits per heavy atom. The van der Waals surface area contributed by atoms with Gasteiger partial charge >= 0.3 is 0 Å². The van der Waals surface area contributed by atoms with Crippen molar-refractivity contribution in [2.45, 2.75) is 32.9 Å². The van der Waals surface area contributed by atoms with E-state index in [0.717, 1.165) is 45.3 Å². The van der Waals surface area contributed by atoms with Crippen molar-refractivity contribution in [2.75, 3.05) is 5.75 Å². The summed E-state index contributed by atoms with van der Waals surface area (Å²) in [6.45, 7) is 8.01. The van der Waals surface area contributed by atoms with Crippen molar-refractivity contribution < 1.29 is 4.79 Å². The lowest BCUT2D eigenvalue weighted by Gasteiger charge is -2.11. The molecule has 196 valence electrons. The molecular weight excluding hydrogens is 506 g/mol. The summed E-state index contributed by atoms with van der Waals surface area (Å²) >= 11 is 1.31. The average molecular weight is 536 g/mol. The van der Waals surface area contributed by atoms with E-state index in [1.165, 1.54) is 17.3 Å². The molecule has 1 N–H and O–H groups in total. The van der Waals surface area contributed by atoms with Gasteiger partial charge in [-0.3, -0.25) is 9.36 Å². The lowest BCUT2D eigenvalue weighted by atomic mass is 10.1. The first-order chi connectivity index (χ1) is 18.9. The van der Waals surface area contributed by atoms with E-state index in [9.17, 15) is 4.79 Å². The number of aromatic nitrogens is 5. The molecule has 0 unspecified atom stereocenters. The van der Waals surface area contributed by atoms with Gasteiger partial charge in [0.15, 0.2) is 11.0 Å². The number of aryl methyl sites for hydroxylation is 3. The normalized spacial score (nSPS) is 11.3. The highest BCUT2D eigenvalue weighted by molar-refractivity contribution is 7.99. The minimum absolute atomic E-state index is 0.135. The number of hydrazone groups is 1. The molecule has 8 nitrogen and oxygen atoms in total. The van der Waals surface area contributed by atoms with E-state index in [1.54, 1.807) is 6.21 Å². The molecule has 0 bridgehead atoms. The molecule has 2 heterocycles. The predicted molar refractivity (Wildman–Crippen MR) is 156 cm³/mol. The molecule has 5 aromatic rings. The quantitative estimate of drug-likeness (QED) is 0.159. The largest absolute Gasteiger partial charge is 0.272 e. The second-order valence-electron chi connectivity index (χ2n) is 9.26. The smallest absolute Gasteiger partial charge is 0.250 e. The van der Waals surface area contributed by atoms with Crippen LogP contribution in [-0.2, 0) is 4.79 Å². The molecule has 0 atom stereocenters. The summed E-state index contributed by atoms with van der Waals surface area (Å²) in [5.74, 6) is 0.620. The van der Waals surface area contributed by atoms with E-state index in [-0.39, 0.29) is 11.7 Å². The van der Waals surface area contributed by atoms with Gasteiger partial charge in [-0.2, -0.15) is 10.2 Å². The molecule has 5 rings (SSSR count). The lowest BCUT2D eigenvalue weighted by Crippen LogP contribution is -2.20. The van der Waals surface area contributed by atoms with Crippen LogP contribution in [0.1, 0.15) is 28.1 Å². The summed E-state index contributed by atoms with van der Waals surface area (Å²) < 4.78 is 3.86. The van der Waals surface area contributed by atoms with Crippen LogP contribution in [-0.4, -0.2) is 42.4 Å². The van der Waals surface area contributed by atoms with E-state index in [4.69, 9.17) is 0 Å². The summed E-state index contributed by atoms with van der Waals surface area (Å²) in [6.07, 6.45) is 1.64. The van der Waals surface area contributed by atoms with Crippen LogP contribution < -0.4 is 5.43 Å². The number of para-hydroxylation sites is 1. The molecule has 0 aliphatic carbocycles. The summed E-state index contributed by atoms with van der Waals surface area (Å²) in [5, 5.41) is 18.3. The molecule has 3 aromatic carbocycles. The number of nitrogens with zero attached hydrogens (tertiary/aromatic N) is 6. The van der Waals surface area contributed by atoms with Gasteiger partial charge in [-0.25, -0.2) is 10.1 Å². The SMILES string of the molecule is Cc1ccc(-c2nnc(SCC(=O)NN=Cc3c(C)nn(-c4ccccc4)c3C)n2-c2ccc(C)cc2)cc1. The Hall–Kier alpha value is -4.50. The van der Waals surface area contributed by atoms with Gasteiger partial charge in [-0.1, -0.05) is 77.5 Å². The van der Waals surface area contributed by atoms with Crippen molar-refractivity contribution in [2.24, 2.45) is 5.10 Å². The van der Waals surface area contributed by atoms with Gasteiger partial charge in [0.1, 0.15) is 0 Å². The minimum atomic E-state index is -0.239. The highest BCUT2D eigenvalue weighted by Crippen LogP contribution is 2.28. The van der Waals surface area contributed by atoms with Gasteiger partial charge in [0.25, 0.3) is 5.91 Å². The standard InChI is InChI=1S/C30H29N7OS/c1-20-10-14-24(15-11-20)29-33-34-30(36(29)25-16-12-21(2)13-17-25)39-19-28(38)32-31-18-27-22(3)35-37(23(27)4)26-8-6-5-7-9-26/h5-18H,19H2,1-4H3,(H,32,38). The van der Waals surface area contributed by atoms with Crippen LogP contribution in [0, 0.1) is 27.7 Å². The minimum Gasteiger partial charge on any atom is -0.272 e. The van der Waals surface area contributed by atoms with E-state index in [0.29, 0.717) is 5.16 Å². The van der Waals surface area contributed by atoms with E-state index in [1.807, 2.05) is 96.8 Å². The molecule has 0 radical (unpaired) electrons. The maximum atomic E-state index is 12.7. The monoisotopic (exact) mass is 535 g/mol. The summed E-state index contributed by atoms with van der Waals surface area (Å²) in [5.41, 5.74) is 10.5. The van der Waals surface area contributed by atoms with Crippen LogP contribution in [0.3, 0.4) is 0 Å². The average Bonchev–Trinajstić information content (AvgIpc) is 3.49. The fourth-order valence-corrected chi connectivity index (χ4v) is 4.92. The van der Waals surface area contributed by atoms with Gasteiger partial charge in [0, 0.05) is 16.8 Å². The van der Waals surface area contributed by atoms with Crippen molar-refractivity contribution in [3.63, 3.8) is 0 Å². The second-order valence-corrected chi connectivity index (χ2v) is 10.2. The van der Waals surface area contributed by atoms with Crippen LogP contribution in [0.4, 0.5) is 0 Å². The zero-order valence-corrected chi connectivity index (χ0v) is 23.1. The Balaban J connectivity index is 1.30. The first-order valence-corrected chi connectivity index (χ1v) is 13.5. The number of benzene rings is 3. The molecule has 0 fully saturated rings. The van der Waals surface area contributed by atoms with E-state index < -0.39 is 0 Å². The number of nitrogens with one attached hydrogen (secondary N) is 1. The third-order valence-corrected chi connectivity index (χ3v) is 7.23. The zero-order chi connectivity index (χ0) is 27.4. The number of carbonyl (C=O) groups excluding carboxylic acids is 1. The van der Waals surface area contributed by atoms with Crippen LogP contribution in [0.25, 0.3) is 22.8 Å². The maximum absolute atomic E-state index is 12.7. The fourth-order valence-electron chi connectivity index (χ4n) is 4.17. The Morgan fingerprint density at radius 2 is 1.54 bits per heavy atom. The van der Waals surface area contributed by atoms with Crippen molar-refractivity contribution >= 4 is 23.9 Å². The fraction of sp³-hybridized carbons (Fsp3) is 0.167. The molecule has 39 heavy (non-hydrogen) atoms. The van der Waals surface area contributed by atoms with Crippen molar-refractivity contribution in [3.8, 4) is 22.8 Å². The van der Waals surface area contributed by atoms with Crippen molar-refractivity contribution in [3.05, 3.63) is 107 Å². The first-order valence-electron chi connectivity index (χ1n) is 12.6. The number of thioether (sulfide) groups is 1. The number of carbonyl (C=O) groups is 1. The van der Waals surface area contributed by atoms with Crippen LogP contribution in [0.2, 0.25) is 0 Å². The molecule has 1 amide bonds. The molecular formula is C30H29N7OS. The molecule has 0 saturated heterocycles. The molecule has 9 heteroatoms. The van der Waals surface area contributed by atoms with Crippen LogP contribution >= 0.6 is 11.8 Å². The molecule has 0 aliphatic heterocycles. The molecule has 0 saturated carbocycles. The van der Waals surface area contributed by atoms with Gasteiger partial charge in [-0.15, -0.1) is 10.2 Å². The molecule has 0 spiro atoms. The van der Waals surface area contributed by atoms with Crippen LogP contribution in [0.15, 0.2) is 89.1 Å². The highest BCUT2D eigenvalue weighted by atomic mass is 32.2. The molecule has 0 aliphatic rings. The predicted octanol–water partition coefficient (Wildman–Crippen LogP) is 5.60. The zero-order valence-electron chi connectivity index (χ0n) is 22.3. The number of rotatable bonds is 8. The van der Waals surface area contributed by atoms with E-state index in [2.05, 4.69) is 44.9 Å². The number of amides is 1.